The first-order valence-corrected chi connectivity index (χ1v) is 12.7. The van der Waals surface area contributed by atoms with E-state index in [1.165, 1.54) is 24.5 Å². The van der Waals surface area contributed by atoms with Crippen molar-refractivity contribution in [2.45, 2.75) is 25.1 Å². The molecule has 3 N–H and O–H groups in total. The molecule has 2 unspecified atom stereocenters. The van der Waals surface area contributed by atoms with Crippen molar-refractivity contribution < 1.29 is 35.3 Å². The highest BCUT2D eigenvalue weighted by Gasteiger charge is 2.32. The third kappa shape index (κ3) is 6.32. The van der Waals surface area contributed by atoms with E-state index in [2.05, 4.69) is 25.6 Å². The van der Waals surface area contributed by atoms with Crippen molar-refractivity contribution in [3.05, 3.63) is 59.7 Å². The normalized spacial score (nSPS) is 20.0. The summed E-state index contributed by atoms with van der Waals surface area (Å²) in [5.74, 6) is -7.26. The van der Waals surface area contributed by atoms with Gasteiger partial charge in [0, 0.05) is 48.6 Å². The molecular weight excluding hydrogens is 518 g/mol. The molecule has 3 aromatic rings. The molecule has 1 fully saturated rings. The molecule has 1 aromatic carbocycles. The molecule has 198 valence electrons. The highest BCUT2D eigenvalue weighted by atomic mass is 32.2. The largest absolute Gasteiger partial charge is 0.435 e. The number of alkyl halides is 1. The molecule has 0 bridgehead atoms. The Morgan fingerprint density at radius 1 is 1.22 bits per heavy atom. The van der Waals surface area contributed by atoms with E-state index >= 15 is 0 Å². The topological polar surface area (TPSA) is 126 Å². The lowest BCUT2D eigenvalue weighted by Gasteiger charge is -2.37. The molecule has 0 radical (unpaired) electrons. The zero-order valence-electron chi connectivity index (χ0n) is 19.5. The maximum Gasteiger partial charge on any atom is 0.269 e. The number of hydrogen-bond donors (Lipinski definition) is 3. The highest BCUT2D eigenvalue weighted by molar-refractivity contribution is 7.85. The van der Waals surface area contributed by atoms with Crippen molar-refractivity contribution in [2.75, 3.05) is 25.1 Å². The van der Waals surface area contributed by atoms with Crippen LogP contribution in [0.2, 0.25) is 0 Å². The predicted octanol–water partition coefficient (Wildman–Crippen LogP) is 3.89. The molecule has 9 nitrogen and oxygen atoms in total. The van der Waals surface area contributed by atoms with Crippen LogP contribution in [0.15, 0.2) is 36.7 Å². The number of benzene rings is 1. The van der Waals surface area contributed by atoms with Gasteiger partial charge in [-0.1, -0.05) is 6.92 Å². The first kappa shape index (κ1) is 26.7. The van der Waals surface area contributed by atoms with E-state index in [-0.39, 0.29) is 23.4 Å². The van der Waals surface area contributed by atoms with Crippen molar-refractivity contribution in [3.63, 3.8) is 0 Å². The summed E-state index contributed by atoms with van der Waals surface area (Å²) in [6.07, 6.45) is 3.31. The summed E-state index contributed by atoms with van der Waals surface area (Å²) in [6, 6.07) is 4.92. The Morgan fingerprint density at radius 2 is 2.00 bits per heavy atom. The number of anilines is 1. The van der Waals surface area contributed by atoms with Crippen LogP contribution < -0.4 is 15.4 Å². The average Bonchev–Trinajstić information content (AvgIpc) is 2.85. The minimum Gasteiger partial charge on any atom is -0.435 e. The second-order valence-corrected chi connectivity index (χ2v) is 10.5. The van der Waals surface area contributed by atoms with Crippen LogP contribution >= 0.6 is 0 Å². The molecular formula is C23H23F4N5O4S. The van der Waals surface area contributed by atoms with Gasteiger partial charge in [0.15, 0.2) is 11.6 Å². The highest BCUT2D eigenvalue weighted by Crippen LogP contribution is 2.34. The van der Waals surface area contributed by atoms with Gasteiger partial charge in [-0.15, -0.1) is 0 Å². The SMILES string of the molecule is CC1(CF)CNCC(Nc2nccc(-c3cccnc3Oc3cc(F)c(CS(=O)(=O)O)c(F)c3F)n2)C1. The molecule has 0 spiro atoms. The average molecular weight is 542 g/mol. The number of aromatic nitrogens is 3. The van der Waals surface area contributed by atoms with Gasteiger partial charge >= 0.3 is 0 Å². The number of hydrogen-bond acceptors (Lipinski definition) is 8. The molecule has 4 rings (SSSR count). The predicted molar refractivity (Wildman–Crippen MR) is 126 cm³/mol. The Balaban J connectivity index is 1.61. The summed E-state index contributed by atoms with van der Waals surface area (Å²) in [5.41, 5.74) is -1.16. The van der Waals surface area contributed by atoms with E-state index in [1.807, 2.05) is 6.92 Å². The van der Waals surface area contributed by atoms with Gasteiger partial charge in [-0.05, 0) is 24.6 Å². The van der Waals surface area contributed by atoms with Gasteiger partial charge in [0.05, 0.1) is 17.9 Å². The number of halogens is 4. The van der Waals surface area contributed by atoms with E-state index in [0.717, 1.165) is 0 Å². The summed E-state index contributed by atoms with van der Waals surface area (Å²) >= 11 is 0. The fourth-order valence-corrected chi connectivity index (χ4v) is 4.65. The molecule has 1 aliphatic rings. The molecule has 0 aliphatic carbocycles. The van der Waals surface area contributed by atoms with Crippen molar-refractivity contribution >= 4 is 16.1 Å². The molecule has 2 aromatic heterocycles. The number of pyridine rings is 1. The molecule has 0 amide bonds. The molecule has 1 aliphatic heterocycles. The van der Waals surface area contributed by atoms with Gasteiger partial charge in [0.1, 0.15) is 11.6 Å². The Labute approximate surface area is 210 Å². The van der Waals surface area contributed by atoms with Crippen LogP contribution in [0.5, 0.6) is 11.6 Å². The van der Waals surface area contributed by atoms with Crippen molar-refractivity contribution in [1.82, 2.24) is 20.3 Å². The van der Waals surface area contributed by atoms with Crippen molar-refractivity contribution in [2.24, 2.45) is 5.41 Å². The number of rotatable bonds is 8. The van der Waals surface area contributed by atoms with Crippen LogP contribution in [0.25, 0.3) is 11.3 Å². The Hall–Kier alpha value is -3.36. The van der Waals surface area contributed by atoms with Gasteiger partial charge in [-0.25, -0.2) is 23.7 Å². The number of nitrogens with one attached hydrogen (secondary N) is 2. The third-order valence-electron chi connectivity index (χ3n) is 5.79. The third-order valence-corrected chi connectivity index (χ3v) is 6.45. The number of piperidine rings is 1. The summed E-state index contributed by atoms with van der Waals surface area (Å²) in [5, 5.41) is 6.34. The molecule has 3 heterocycles. The van der Waals surface area contributed by atoms with Crippen LogP contribution in [0.3, 0.4) is 0 Å². The van der Waals surface area contributed by atoms with E-state index in [4.69, 9.17) is 9.29 Å². The lowest BCUT2D eigenvalue weighted by Crippen LogP contribution is -2.49. The number of ether oxygens (including phenoxy) is 1. The first-order chi connectivity index (χ1) is 17.5. The second kappa shape index (κ2) is 10.6. The molecule has 1 saturated heterocycles. The fraction of sp³-hybridized carbons (Fsp3) is 0.348. The van der Waals surface area contributed by atoms with E-state index in [1.54, 1.807) is 6.07 Å². The van der Waals surface area contributed by atoms with E-state index in [9.17, 15) is 26.0 Å². The van der Waals surface area contributed by atoms with Gasteiger partial charge in [0.2, 0.25) is 17.6 Å². The minimum absolute atomic E-state index is 0.143. The van der Waals surface area contributed by atoms with Gasteiger partial charge in [-0.2, -0.15) is 12.8 Å². The summed E-state index contributed by atoms with van der Waals surface area (Å²) in [6.45, 7) is 2.48. The second-order valence-electron chi connectivity index (χ2n) is 9.03. The molecule has 2 atom stereocenters. The first-order valence-electron chi connectivity index (χ1n) is 11.1. The maximum absolute atomic E-state index is 14.6. The van der Waals surface area contributed by atoms with Crippen LogP contribution in [0.1, 0.15) is 18.9 Å². The summed E-state index contributed by atoms with van der Waals surface area (Å²) in [7, 11) is -4.82. The fourth-order valence-electron chi connectivity index (χ4n) is 4.02. The molecule has 14 heteroatoms. The van der Waals surface area contributed by atoms with Crippen molar-refractivity contribution in [1.29, 1.82) is 0 Å². The van der Waals surface area contributed by atoms with Crippen LogP contribution in [0.4, 0.5) is 23.5 Å². The van der Waals surface area contributed by atoms with Crippen LogP contribution in [-0.4, -0.2) is 53.7 Å². The Bertz CT molecular complexity index is 1410. The van der Waals surface area contributed by atoms with Crippen molar-refractivity contribution in [3.8, 4) is 22.9 Å². The standard InChI is InChI=1S/C23H23F4N5O4S/c1-23(11-24)8-13(9-28-12-23)31-22-30-6-4-17(32-22)14-3-2-5-29-21(14)36-18-7-16(25)15(10-37(33,34)35)19(26)20(18)27/h2-7,13,28H,8-12H2,1H3,(H,30,31,32)(H,33,34,35). The molecule has 0 saturated carbocycles. The van der Waals surface area contributed by atoms with Gasteiger partial charge in [0.25, 0.3) is 10.1 Å². The van der Waals surface area contributed by atoms with Gasteiger partial charge in [-0.3, -0.25) is 8.94 Å². The summed E-state index contributed by atoms with van der Waals surface area (Å²) in [4.78, 5) is 12.6. The number of nitrogens with zero attached hydrogens (tertiary/aromatic N) is 3. The Kier molecular flexibility index (Phi) is 7.62. The quantitative estimate of drug-likeness (QED) is 0.221. The lowest BCUT2D eigenvalue weighted by molar-refractivity contribution is 0.168. The van der Waals surface area contributed by atoms with E-state index in [0.29, 0.717) is 31.3 Å². The lowest BCUT2D eigenvalue weighted by atomic mass is 9.82. The molecule has 37 heavy (non-hydrogen) atoms. The Morgan fingerprint density at radius 3 is 2.73 bits per heavy atom. The zero-order chi connectivity index (χ0) is 26.8. The smallest absolute Gasteiger partial charge is 0.269 e. The van der Waals surface area contributed by atoms with Gasteiger partial charge < -0.3 is 15.4 Å². The zero-order valence-corrected chi connectivity index (χ0v) is 20.3. The maximum atomic E-state index is 14.6. The minimum atomic E-state index is -4.82. The van der Waals surface area contributed by atoms with Crippen LogP contribution in [0, 0.1) is 22.9 Å². The van der Waals surface area contributed by atoms with Crippen LogP contribution in [-0.2, 0) is 15.9 Å². The van der Waals surface area contributed by atoms with E-state index < -0.39 is 56.7 Å². The summed E-state index contributed by atoms with van der Waals surface area (Å²) < 4.78 is 93.1. The monoisotopic (exact) mass is 541 g/mol.